The largest absolute Gasteiger partial charge is 0.387 e. The first-order valence-corrected chi connectivity index (χ1v) is 3.42. The fraction of sp³-hybridized carbons (Fsp3) is 0.375. The number of hydrogen-bond donors (Lipinski definition) is 2. The molecule has 55 valence electrons. The third kappa shape index (κ3) is 1.69. The Labute approximate surface area is 61.0 Å². The average Bonchev–Trinajstić information content (AvgIpc) is 2.05. The summed E-state index contributed by atoms with van der Waals surface area (Å²) in [5.74, 6) is 0. The predicted molar refractivity (Wildman–Crippen MR) is 41.2 cm³/mol. The maximum absolute atomic E-state index is 9.22. The third-order valence-electron chi connectivity index (χ3n) is 1.52. The SMILES string of the molecule is NCC(O)C1=CC[CH]C=C1. The molecule has 0 bridgehead atoms. The molecule has 10 heavy (non-hydrogen) atoms. The Morgan fingerprint density at radius 3 is 3.00 bits per heavy atom. The number of aliphatic hydroxyl groups excluding tert-OH is 1. The molecular formula is C8H12NO. The van der Waals surface area contributed by atoms with Crippen molar-refractivity contribution in [2.45, 2.75) is 12.5 Å². The van der Waals surface area contributed by atoms with E-state index in [0.717, 1.165) is 12.0 Å². The summed E-state index contributed by atoms with van der Waals surface area (Å²) < 4.78 is 0. The zero-order valence-corrected chi connectivity index (χ0v) is 5.83. The first-order valence-electron chi connectivity index (χ1n) is 3.42. The van der Waals surface area contributed by atoms with Crippen LogP contribution >= 0.6 is 0 Å². The van der Waals surface area contributed by atoms with Crippen molar-refractivity contribution in [3.8, 4) is 0 Å². The lowest BCUT2D eigenvalue weighted by molar-refractivity contribution is 0.222. The summed E-state index contributed by atoms with van der Waals surface area (Å²) in [6.45, 7) is 0.302. The highest BCUT2D eigenvalue weighted by Gasteiger charge is 2.06. The van der Waals surface area contributed by atoms with Crippen LogP contribution in [-0.2, 0) is 0 Å². The van der Waals surface area contributed by atoms with Crippen LogP contribution in [0.15, 0.2) is 23.8 Å². The van der Waals surface area contributed by atoms with E-state index in [2.05, 4.69) is 0 Å². The van der Waals surface area contributed by atoms with Gasteiger partial charge in [-0.05, 0) is 18.4 Å². The summed E-state index contributed by atoms with van der Waals surface area (Å²) in [4.78, 5) is 0. The molecular weight excluding hydrogens is 126 g/mol. The van der Waals surface area contributed by atoms with Crippen LogP contribution in [0, 0.1) is 6.42 Å². The van der Waals surface area contributed by atoms with Crippen molar-refractivity contribution in [1.82, 2.24) is 0 Å². The highest BCUT2D eigenvalue weighted by molar-refractivity contribution is 5.29. The van der Waals surface area contributed by atoms with Gasteiger partial charge in [0.25, 0.3) is 0 Å². The number of rotatable bonds is 2. The summed E-state index contributed by atoms with van der Waals surface area (Å²) in [6.07, 6.45) is 8.27. The molecule has 3 N–H and O–H groups in total. The van der Waals surface area contributed by atoms with Crippen LogP contribution in [0.4, 0.5) is 0 Å². The molecule has 0 saturated carbocycles. The molecule has 0 saturated heterocycles. The van der Waals surface area contributed by atoms with Gasteiger partial charge in [0.05, 0.1) is 6.10 Å². The van der Waals surface area contributed by atoms with Gasteiger partial charge in [0.1, 0.15) is 0 Å². The predicted octanol–water partition coefficient (Wildman–Crippen LogP) is 0.397. The summed E-state index contributed by atoms with van der Waals surface area (Å²) in [5, 5.41) is 9.22. The summed E-state index contributed by atoms with van der Waals surface area (Å²) in [5.41, 5.74) is 6.20. The molecule has 0 amide bonds. The second-order valence-electron chi connectivity index (χ2n) is 2.29. The Kier molecular flexibility index (Phi) is 2.66. The second-order valence-corrected chi connectivity index (χ2v) is 2.29. The summed E-state index contributed by atoms with van der Waals surface area (Å²) >= 11 is 0. The van der Waals surface area contributed by atoms with Gasteiger partial charge >= 0.3 is 0 Å². The van der Waals surface area contributed by atoms with Crippen LogP contribution in [0.1, 0.15) is 6.42 Å². The maximum Gasteiger partial charge on any atom is 0.0909 e. The minimum absolute atomic E-state index is 0.302. The minimum Gasteiger partial charge on any atom is -0.387 e. The van der Waals surface area contributed by atoms with Gasteiger partial charge in [-0.3, -0.25) is 0 Å². The molecule has 1 atom stereocenters. The Bertz CT molecular complexity index is 161. The molecule has 0 aromatic carbocycles. The topological polar surface area (TPSA) is 46.2 Å². The molecule has 0 aromatic rings. The van der Waals surface area contributed by atoms with Crippen molar-refractivity contribution >= 4 is 0 Å². The van der Waals surface area contributed by atoms with Crippen LogP contribution in [-0.4, -0.2) is 17.8 Å². The summed E-state index contributed by atoms with van der Waals surface area (Å²) in [7, 11) is 0. The van der Waals surface area contributed by atoms with Crippen molar-refractivity contribution in [2.75, 3.05) is 6.54 Å². The molecule has 0 heterocycles. The fourth-order valence-corrected chi connectivity index (χ4v) is 0.913. The van der Waals surface area contributed by atoms with Gasteiger partial charge < -0.3 is 10.8 Å². The maximum atomic E-state index is 9.22. The second kappa shape index (κ2) is 3.54. The Morgan fingerprint density at radius 1 is 1.70 bits per heavy atom. The van der Waals surface area contributed by atoms with Gasteiger partial charge in [-0.15, -0.1) is 0 Å². The quantitative estimate of drug-likeness (QED) is 0.580. The van der Waals surface area contributed by atoms with Crippen LogP contribution in [0.5, 0.6) is 0 Å². The molecule has 1 aliphatic rings. The van der Waals surface area contributed by atoms with Crippen molar-refractivity contribution in [2.24, 2.45) is 5.73 Å². The molecule has 0 aliphatic heterocycles. The van der Waals surface area contributed by atoms with E-state index in [4.69, 9.17) is 5.73 Å². The highest BCUT2D eigenvalue weighted by Crippen LogP contribution is 2.11. The van der Waals surface area contributed by atoms with Crippen LogP contribution < -0.4 is 5.73 Å². The molecule has 2 heteroatoms. The van der Waals surface area contributed by atoms with Crippen molar-refractivity contribution in [1.29, 1.82) is 0 Å². The van der Waals surface area contributed by atoms with Crippen molar-refractivity contribution < 1.29 is 5.11 Å². The smallest absolute Gasteiger partial charge is 0.0909 e. The average molecular weight is 138 g/mol. The number of allylic oxidation sites excluding steroid dienone is 2. The Hall–Kier alpha value is -0.600. The Morgan fingerprint density at radius 2 is 2.50 bits per heavy atom. The van der Waals surface area contributed by atoms with Gasteiger partial charge in [-0.2, -0.15) is 0 Å². The number of hydrogen-bond acceptors (Lipinski definition) is 2. The highest BCUT2D eigenvalue weighted by atomic mass is 16.3. The molecule has 0 aromatic heterocycles. The van der Waals surface area contributed by atoms with Gasteiger partial charge in [0, 0.05) is 6.54 Å². The molecule has 1 rings (SSSR count). The number of nitrogens with two attached hydrogens (primary N) is 1. The van der Waals surface area contributed by atoms with Gasteiger partial charge in [-0.25, -0.2) is 0 Å². The minimum atomic E-state index is -0.482. The molecule has 1 unspecified atom stereocenters. The van der Waals surface area contributed by atoms with Crippen LogP contribution in [0.3, 0.4) is 0 Å². The van der Waals surface area contributed by atoms with Crippen molar-refractivity contribution in [3.63, 3.8) is 0 Å². The van der Waals surface area contributed by atoms with Gasteiger partial charge in [-0.1, -0.05) is 18.2 Å². The molecule has 1 aliphatic carbocycles. The van der Waals surface area contributed by atoms with E-state index in [1.165, 1.54) is 0 Å². The molecule has 0 fully saturated rings. The molecule has 2 nitrogen and oxygen atoms in total. The zero-order valence-electron chi connectivity index (χ0n) is 5.83. The lowest BCUT2D eigenvalue weighted by Crippen LogP contribution is -2.21. The summed E-state index contributed by atoms with van der Waals surface area (Å²) in [6, 6.07) is 0. The van der Waals surface area contributed by atoms with Gasteiger partial charge in [0.15, 0.2) is 0 Å². The van der Waals surface area contributed by atoms with E-state index in [1.54, 1.807) is 0 Å². The van der Waals surface area contributed by atoms with Crippen molar-refractivity contribution in [3.05, 3.63) is 30.2 Å². The van der Waals surface area contributed by atoms with E-state index in [0.29, 0.717) is 6.54 Å². The number of aliphatic hydroxyl groups is 1. The van der Waals surface area contributed by atoms with Crippen LogP contribution in [0.2, 0.25) is 0 Å². The first kappa shape index (κ1) is 7.51. The fourth-order valence-electron chi connectivity index (χ4n) is 0.913. The van der Waals surface area contributed by atoms with Gasteiger partial charge in [0.2, 0.25) is 0 Å². The first-order chi connectivity index (χ1) is 4.84. The van der Waals surface area contributed by atoms with E-state index in [9.17, 15) is 5.11 Å². The third-order valence-corrected chi connectivity index (χ3v) is 1.52. The lowest BCUT2D eigenvalue weighted by atomic mass is 10.0. The molecule has 0 spiro atoms. The molecule has 1 radical (unpaired) electrons. The van der Waals surface area contributed by atoms with E-state index >= 15 is 0 Å². The standard InChI is InChI=1S/C8H12NO/c9-6-8(10)7-4-2-1-3-5-7/h1-2,4-5,8,10H,3,6,9H2. The van der Waals surface area contributed by atoms with E-state index < -0.39 is 6.10 Å². The Balaban J connectivity index is 2.54. The monoisotopic (exact) mass is 138 g/mol. The van der Waals surface area contributed by atoms with Crippen LogP contribution in [0.25, 0.3) is 0 Å². The van der Waals surface area contributed by atoms with E-state index in [-0.39, 0.29) is 0 Å². The lowest BCUT2D eigenvalue weighted by Gasteiger charge is -2.11. The normalized spacial score (nSPS) is 20.4. The zero-order chi connectivity index (χ0) is 7.40. The van der Waals surface area contributed by atoms with E-state index in [1.807, 2.05) is 24.6 Å².